The Morgan fingerprint density at radius 3 is 2.48 bits per heavy atom. The van der Waals surface area contributed by atoms with E-state index in [2.05, 4.69) is 15.9 Å². The van der Waals surface area contributed by atoms with Crippen molar-refractivity contribution in [2.45, 2.75) is 11.8 Å². The first-order valence-electron chi connectivity index (χ1n) is 6.58. The molecule has 0 spiro atoms. The number of rotatable bonds is 5. The molecular formula is C15H13BrClNO4S. The van der Waals surface area contributed by atoms with Gasteiger partial charge in [0.2, 0.25) is 0 Å². The summed E-state index contributed by atoms with van der Waals surface area (Å²) in [4.78, 5) is 12.1. The van der Waals surface area contributed by atoms with Crippen LogP contribution in [0, 0.1) is 0 Å². The van der Waals surface area contributed by atoms with Crippen molar-refractivity contribution >= 4 is 43.5 Å². The molecule has 122 valence electrons. The van der Waals surface area contributed by atoms with Gasteiger partial charge in [0.25, 0.3) is 15.9 Å². The lowest BCUT2D eigenvalue weighted by atomic mass is 10.2. The molecule has 2 rings (SSSR count). The van der Waals surface area contributed by atoms with E-state index in [0.29, 0.717) is 21.9 Å². The van der Waals surface area contributed by atoms with Gasteiger partial charge in [0.15, 0.2) is 0 Å². The second-order valence-electron chi connectivity index (χ2n) is 4.46. The Balaban J connectivity index is 2.23. The number of sulfonamides is 1. The minimum Gasteiger partial charge on any atom is -0.494 e. The van der Waals surface area contributed by atoms with Gasteiger partial charge in [-0.15, -0.1) is 0 Å². The summed E-state index contributed by atoms with van der Waals surface area (Å²) in [7, 11) is -3.99. The second kappa shape index (κ2) is 7.33. The molecule has 0 saturated carbocycles. The van der Waals surface area contributed by atoms with Gasteiger partial charge in [0.05, 0.1) is 17.1 Å². The lowest BCUT2D eigenvalue weighted by molar-refractivity contribution is 0.0980. The molecule has 0 saturated heterocycles. The third-order valence-electron chi connectivity index (χ3n) is 2.85. The minimum atomic E-state index is -3.99. The van der Waals surface area contributed by atoms with Gasteiger partial charge in [-0.05, 0) is 65.3 Å². The van der Waals surface area contributed by atoms with Gasteiger partial charge in [-0.1, -0.05) is 11.6 Å². The highest BCUT2D eigenvalue weighted by Crippen LogP contribution is 2.22. The maximum Gasteiger partial charge on any atom is 0.266 e. The number of ether oxygens (including phenoxy) is 1. The molecule has 2 aromatic rings. The molecule has 0 atom stereocenters. The Bertz CT molecular complexity index is 822. The van der Waals surface area contributed by atoms with Crippen LogP contribution in [0.3, 0.4) is 0 Å². The number of amides is 1. The zero-order chi connectivity index (χ0) is 17.0. The summed E-state index contributed by atoms with van der Waals surface area (Å²) in [5.74, 6) is -0.219. The van der Waals surface area contributed by atoms with Crippen LogP contribution in [0.15, 0.2) is 51.8 Å². The fourth-order valence-electron chi connectivity index (χ4n) is 1.79. The van der Waals surface area contributed by atoms with Gasteiger partial charge in [-0.25, -0.2) is 13.1 Å². The standard InChI is InChI=1S/C15H13BrClNO4S/c1-2-22-11-4-6-12(7-5-11)23(20,21)18-15(19)13-9-10(17)3-8-14(13)16/h3-9H,2H2,1H3,(H,18,19). The molecule has 0 unspecified atom stereocenters. The summed E-state index contributed by atoms with van der Waals surface area (Å²) in [6.07, 6.45) is 0. The summed E-state index contributed by atoms with van der Waals surface area (Å²) >= 11 is 9.02. The highest BCUT2D eigenvalue weighted by Gasteiger charge is 2.20. The average Bonchev–Trinajstić information content (AvgIpc) is 2.50. The predicted octanol–water partition coefficient (Wildman–Crippen LogP) is 3.62. The molecule has 8 heteroatoms. The molecule has 2 aromatic carbocycles. The third kappa shape index (κ3) is 4.46. The van der Waals surface area contributed by atoms with E-state index in [9.17, 15) is 13.2 Å². The number of carbonyl (C=O) groups excluding carboxylic acids is 1. The molecule has 23 heavy (non-hydrogen) atoms. The Kier molecular flexibility index (Phi) is 5.67. The van der Waals surface area contributed by atoms with Crippen LogP contribution in [0.4, 0.5) is 0 Å². The smallest absolute Gasteiger partial charge is 0.266 e. The van der Waals surface area contributed by atoms with Crippen LogP contribution in [0.1, 0.15) is 17.3 Å². The maximum atomic E-state index is 12.3. The molecule has 5 nitrogen and oxygen atoms in total. The Morgan fingerprint density at radius 1 is 1.22 bits per heavy atom. The molecule has 0 radical (unpaired) electrons. The summed E-state index contributed by atoms with van der Waals surface area (Å²) in [6.45, 7) is 2.30. The molecule has 1 amide bonds. The van der Waals surface area contributed by atoms with Gasteiger partial charge in [0, 0.05) is 9.50 Å². The van der Waals surface area contributed by atoms with E-state index in [1.165, 1.54) is 30.3 Å². The normalized spacial score (nSPS) is 11.1. The van der Waals surface area contributed by atoms with Crippen LogP contribution in [0.25, 0.3) is 0 Å². The molecule has 1 N–H and O–H groups in total. The number of hydrogen-bond donors (Lipinski definition) is 1. The lowest BCUT2D eigenvalue weighted by Crippen LogP contribution is -2.30. The topological polar surface area (TPSA) is 72.5 Å². The van der Waals surface area contributed by atoms with Gasteiger partial charge in [0.1, 0.15) is 5.75 Å². The molecule has 0 aromatic heterocycles. The van der Waals surface area contributed by atoms with Crippen molar-refractivity contribution in [3.63, 3.8) is 0 Å². The summed E-state index contributed by atoms with van der Waals surface area (Å²) in [5, 5.41) is 0.330. The van der Waals surface area contributed by atoms with Crippen molar-refractivity contribution in [2.75, 3.05) is 6.61 Å². The number of carbonyl (C=O) groups is 1. The zero-order valence-electron chi connectivity index (χ0n) is 12.0. The van der Waals surface area contributed by atoms with Gasteiger partial charge in [-0.2, -0.15) is 0 Å². The van der Waals surface area contributed by atoms with E-state index < -0.39 is 15.9 Å². The third-order valence-corrected chi connectivity index (χ3v) is 5.12. The van der Waals surface area contributed by atoms with Crippen molar-refractivity contribution in [3.05, 3.63) is 57.5 Å². The van der Waals surface area contributed by atoms with E-state index in [1.807, 2.05) is 11.6 Å². The Hall–Kier alpha value is -1.57. The van der Waals surface area contributed by atoms with E-state index in [0.717, 1.165) is 0 Å². The Morgan fingerprint density at radius 2 is 1.87 bits per heavy atom. The van der Waals surface area contributed by atoms with Crippen molar-refractivity contribution in [2.24, 2.45) is 0 Å². The summed E-state index contributed by atoms with van der Waals surface area (Å²) in [6, 6.07) is 10.3. The van der Waals surface area contributed by atoms with Crippen molar-refractivity contribution in [1.82, 2.24) is 4.72 Å². The largest absolute Gasteiger partial charge is 0.494 e. The van der Waals surface area contributed by atoms with Gasteiger partial charge >= 0.3 is 0 Å². The highest BCUT2D eigenvalue weighted by atomic mass is 79.9. The van der Waals surface area contributed by atoms with Crippen LogP contribution in [0.2, 0.25) is 5.02 Å². The zero-order valence-corrected chi connectivity index (χ0v) is 15.2. The summed E-state index contributed by atoms with van der Waals surface area (Å²) < 4.78 is 32.2. The molecular weight excluding hydrogens is 406 g/mol. The fourth-order valence-corrected chi connectivity index (χ4v) is 3.35. The van der Waals surface area contributed by atoms with E-state index in [-0.39, 0.29) is 10.5 Å². The van der Waals surface area contributed by atoms with Crippen molar-refractivity contribution in [1.29, 1.82) is 0 Å². The first-order valence-corrected chi connectivity index (χ1v) is 9.24. The average molecular weight is 419 g/mol. The predicted molar refractivity (Wildman–Crippen MR) is 91.4 cm³/mol. The summed E-state index contributed by atoms with van der Waals surface area (Å²) in [5.41, 5.74) is 0.131. The van der Waals surface area contributed by atoms with Crippen molar-refractivity contribution < 1.29 is 17.9 Å². The van der Waals surface area contributed by atoms with Crippen LogP contribution in [-0.4, -0.2) is 20.9 Å². The van der Waals surface area contributed by atoms with E-state index >= 15 is 0 Å². The first-order chi connectivity index (χ1) is 10.8. The number of nitrogens with one attached hydrogen (secondary N) is 1. The molecule has 0 aliphatic heterocycles. The van der Waals surface area contributed by atoms with Gasteiger partial charge < -0.3 is 4.74 Å². The maximum absolute atomic E-state index is 12.3. The first kappa shape index (κ1) is 17.8. The number of benzene rings is 2. The van der Waals surface area contributed by atoms with Crippen molar-refractivity contribution in [3.8, 4) is 5.75 Å². The van der Waals surface area contributed by atoms with Gasteiger partial charge in [-0.3, -0.25) is 4.79 Å². The molecule has 0 aliphatic rings. The van der Waals surface area contributed by atoms with Crippen LogP contribution < -0.4 is 9.46 Å². The van der Waals surface area contributed by atoms with Crippen LogP contribution in [0.5, 0.6) is 5.75 Å². The fraction of sp³-hybridized carbons (Fsp3) is 0.133. The number of halogens is 2. The van der Waals surface area contributed by atoms with E-state index in [4.69, 9.17) is 16.3 Å². The molecule has 0 fully saturated rings. The SMILES string of the molecule is CCOc1ccc(S(=O)(=O)NC(=O)c2cc(Cl)ccc2Br)cc1. The van der Waals surface area contributed by atoms with Crippen LogP contribution >= 0.6 is 27.5 Å². The monoisotopic (exact) mass is 417 g/mol. The van der Waals surface area contributed by atoms with E-state index in [1.54, 1.807) is 12.1 Å². The number of hydrogen-bond acceptors (Lipinski definition) is 4. The second-order valence-corrected chi connectivity index (χ2v) is 7.44. The molecule has 0 heterocycles. The quantitative estimate of drug-likeness (QED) is 0.805. The molecule has 0 bridgehead atoms. The Labute approximate surface area is 147 Å². The minimum absolute atomic E-state index is 0.0348. The highest BCUT2D eigenvalue weighted by molar-refractivity contribution is 9.10. The van der Waals surface area contributed by atoms with Crippen LogP contribution in [-0.2, 0) is 10.0 Å². The lowest BCUT2D eigenvalue weighted by Gasteiger charge is -2.09. The molecule has 0 aliphatic carbocycles.